The number of Topliss-reactive ketones (excluding diaryl/α,β-unsaturated/α-hetero) is 1. The quantitative estimate of drug-likeness (QED) is 0.379. The fraction of sp³-hybridized carbons (Fsp3) is 0.611. The SMILES string of the molecule is CCC(=O)/C=C/C1CCC(=O)C1C/C=C/CCCCC(=O)O. The number of unbranched alkanes of at least 4 members (excludes halogenated alkanes) is 2. The number of carbonyl (C=O) groups excluding carboxylic acids is 2. The minimum absolute atomic E-state index is 0.00354. The van der Waals surface area contributed by atoms with Crippen molar-refractivity contribution in [1.82, 2.24) is 0 Å². The summed E-state index contributed by atoms with van der Waals surface area (Å²) >= 11 is 0. The summed E-state index contributed by atoms with van der Waals surface area (Å²) in [5.74, 6) is -0.186. The Kier molecular flexibility index (Phi) is 8.41. The van der Waals surface area contributed by atoms with Gasteiger partial charge in [0.1, 0.15) is 5.78 Å². The van der Waals surface area contributed by atoms with Crippen molar-refractivity contribution in [2.45, 2.75) is 58.3 Å². The molecule has 0 radical (unpaired) electrons. The summed E-state index contributed by atoms with van der Waals surface area (Å²) in [5.41, 5.74) is 0. The van der Waals surface area contributed by atoms with Crippen molar-refractivity contribution in [3.05, 3.63) is 24.3 Å². The maximum Gasteiger partial charge on any atom is 0.303 e. The molecule has 1 aliphatic rings. The van der Waals surface area contributed by atoms with E-state index in [9.17, 15) is 14.4 Å². The van der Waals surface area contributed by atoms with Crippen LogP contribution in [0.15, 0.2) is 24.3 Å². The Bertz CT molecular complexity index is 448. The first-order valence-corrected chi connectivity index (χ1v) is 8.15. The average Bonchev–Trinajstić information content (AvgIpc) is 2.84. The van der Waals surface area contributed by atoms with Crippen LogP contribution in [-0.2, 0) is 14.4 Å². The molecule has 1 N–H and O–H groups in total. The van der Waals surface area contributed by atoms with Crippen LogP contribution >= 0.6 is 0 Å². The molecule has 0 bridgehead atoms. The first kappa shape index (κ1) is 18.3. The van der Waals surface area contributed by atoms with Crippen LogP contribution in [0.5, 0.6) is 0 Å². The van der Waals surface area contributed by atoms with Gasteiger partial charge in [-0.25, -0.2) is 0 Å². The Morgan fingerprint density at radius 3 is 2.73 bits per heavy atom. The van der Waals surface area contributed by atoms with Gasteiger partial charge in [0, 0.05) is 25.2 Å². The molecule has 4 heteroatoms. The van der Waals surface area contributed by atoms with Gasteiger partial charge < -0.3 is 5.11 Å². The number of carboxylic acids is 1. The maximum atomic E-state index is 11.9. The highest BCUT2D eigenvalue weighted by Crippen LogP contribution is 2.32. The summed E-state index contributed by atoms with van der Waals surface area (Å²) in [6, 6.07) is 0. The lowest BCUT2D eigenvalue weighted by atomic mass is 9.91. The normalized spacial score (nSPS) is 22.0. The molecule has 1 rings (SSSR count). The number of carboxylic acid groups (broad SMARTS) is 1. The second-order valence-corrected chi connectivity index (χ2v) is 5.80. The van der Waals surface area contributed by atoms with Crippen LogP contribution in [0.25, 0.3) is 0 Å². The predicted octanol–water partition coefficient (Wildman–Crippen LogP) is 3.71. The maximum absolute atomic E-state index is 11.9. The molecule has 0 aliphatic heterocycles. The van der Waals surface area contributed by atoms with Crippen molar-refractivity contribution in [2.75, 3.05) is 0 Å². The Morgan fingerprint density at radius 1 is 1.27 bits per heavy atom. The molecule has 0 amide bonds. The van der Waals surface area contributed by atoms with E-state index in [0.717, 1.165) is 19.3 Å². The largest absolute Gasteiger partial charge is 0.481 e. The van der Waals surface area contributed by atoms with Gasteiger partial charge in [0.25, 0.3) is 0 Å². The van der Waals surface area contributed by atoms with Gasteiger partial charge in [-0.2, -0.15) is 0 Å². The van der Waals surface area contributed by atoms with E-state index < -0.39 is 5.97 Å². The van der Waals surface area contributed by atoms with Gasteiger partial charge in [0.2, 0.25) is 0 Å². The van der Waals surface area contributed by atoms with E-state index in [4.69, 9.17) is 5.11 Å². The molecule has 1 fully saturated rings. The van der Waals surface area contributed by atoms with E-state index in [2.05, 4.69) is 0 Å². The number of allylic oxidation sites excluding steroid dienone is 4. The van der Waals surface area contributed by atoms with Gasteiger partial charge in [-0.15, -0.1) is 0 Å². The minimum Gasteiger partial charge on any atom is -0.481 e. The molecular weight excluding hydrogens is 280 g/mol. The van der Waals surface area contributed by atoms with Crippen molar-refractivity contribution in [1.29, 1.82) is 0 Å². The minimum atomic E-state index is -0.753. The fourth-order valence-corrected chi connectivity index (χ4v) is 2.72. The molecule has 0 heterocycles. The summed E-state index contributed by atoms with van der Waals surface area (Å²) in [5, 5.41) is 8.54. The topological polar surface area (TPSA) is 71.4 Å². The zero-order valence-electron chi connectivity index (χ0n) is 13.3. The molecule has 2 atom stereocenters. The lowest BCUT2D eigenvalue weighted by molar-refractivity contribution is -0.137. The summed E-state index contributed by atoms with van der Waals surface area (Å²) in [6.45, 7) is 1.83. The molecule has 0 aromatic carbocycles. The van der Waals surface area contributed by atoms with Crippen molar-refractivity contribution in [3.8, 4) is 0 Å². The predicted molar refractivity (Wildman–Crippen MR) is 85.5 cm³/mol. The number of carbonyl (C=O) groups is 3. The van der Waals surface area contributed by atoms with Gasteiger partial charge in [0.05, 0.1) is 0 Å². The highest BCUT2D eigenvalue weighted by atomic mass is 16.4. The number of hydrogen-bond donors (Lipinski definition) is 1. The van der Waals surface area contributed by atoms with Gasteiger partial charge in [-0.3, -0.25) is 14.4 Å². The van der Waals surface area contributed by atoms with E-state index in [1.54, 1.807) is 6.08 Å². The summed E-state index contributed by atoms with van der Waals surface area (Å²) in [6.07, 6.45) is 12.8. The Balaban J connectivity index is 2.35. The molecule has 0 saturated heterocycles. The summed E-state index contributed by atoms with van der Waals surface area (Å²) in [7, 11) is 0. The molecule has 2 unspecified atom stereocenters. The molecule has 0 spiro atoms. The number of ketones is 2. The molecule has 4 nitrogen and oxygen atoms in total. The number of rotatable bonds is 10. The number of aliphatic carboxylic acids is 1. The van der Waals surface area contributed by atoms with Crippen LogP contribution in [0, 0.1) is 11.8 Å². The summed E-state index contributed by atoms with van der Waals surface area (Å²) < 4.78 is 0. The zero-order valence-corrected chi connectivity index (χ0v) is 13.3. The molecular formula is C18H26O4. The molecule has 0 aromatic heterocycles. The molecule has 1 aliphatic carbocycles. The lowest BCUT2D eigenvalue weighted by Crippen LogP contribution is -2.12. The van der Waals surface area contributed by atoms with Crippen molar-refractivity contribution in [2.24, 2.45) is 11.8 Å². The van der Waals surface area contributed by atoms with E-state index >= 15 is 0 Å². The average molecular weight is 306 g/mol. The third kappa shape index (κ3) is 6.83. The lowest BCUT2D eigenvalue weighted by Gasteiger charge is -2.12. The Hall–Kier alpha value is -1.71. The van der Waals surface area contributed by atoms with Gasteiger partial charge in [-0.05, 0) is 44.1 Å². The van der Waals surface area contributed by atoms with E-state index in [0.29, 0.717) is 25.7 Å². The Labute approximate surface area is 132 Å². The van der Waals surface area contributed by atoms with Crippen LogP contribution in [0.2, 0.25) is 0 Å². The van der Waals surface area contributed by atoms with E-state index in [-0.39, 0.29) is 29.8 Å². The van der Waals surface area contributed by atoms with Gasteiger partial charge in [-0.1, -0.05) is 25.2 Å². The molecule has 1 saturated carbocycles. The van der Waals surface area contributed by atoms with Gasteiger partial charge >= 0.3 is 5.97 Å². The van der Waals surface area contributed by atoms with Crippen molar-refractivity contribution < 1.29 is 19.5 Å². The van der Waals surface area contributed by atoms with Crippen molar-refractivity contribution >= 4 is 17.5 Å². The van der Waals surface area contributed by atoms with Crippen molar-refractivity contribution in [3.63, 3.8) is 0 Å². The molecule has 122 valence electrons. The second kappa shape index (κ2) is 10.1. The molecule has 0 aromatic rings. The third-order valence-corrected chi connectivity index (χ3v) is 4.10. The third-order valence-electron chi connectivity index (χ3n) is 4.10. The highest BCUT2D eigenvalue weighted by Gasteiger charge is 2.31. The fourth-order valence-electron chi connectivity index (χ4n) is 2.72. The zero-order chi connectivity index (χ0) is 16.4. The van der Waals surface area contributed by atoms with Gasteiger partial charge in [0.15, 0.2) is 5.78 Å². The van der Waals surface area contributed by atoms with E-state index in [1.807, 2.05) is 25.2 Å². The second-order valence-electron chi connectivity index (χ2n) is 5.80. The highest BCUT2D eigenvalue weighted by molar-refractivity contribution is 5.90. The Morgan fingerprint density at radius 2 is 2.05 bits per heavy atom. The van der Waals surface area contributed by atoms with Crippen LogP contribution in [0.4, 0.5) is 0 Å². The smallest absolute Gasteiger partial charge is 0.303 e. The van der Waals surface area contributed by atoms with Crippen LogP contribution in [-0.4, -0.2) is 22.6 Å². The van der Waals surface area contributed by atoms with Crippen LogP contribution < -0.4 is 0 Å². The number of hydrogen-bond acceptors (Lipinski definition) is 3. The van der Waals surface area contributed by atoms with Crippen LogP contribution in [0.1, 0.15) is 58.3 Å². The molecule has 22 heavy (non-hydrogen) atoms. The first-order chi connectivity index (χ1) is 10.5. The monoisotopic (exact) mass is 306 g/mol. The standard InChI is InChI=1S/C18H26O4/c1-2-15(19)12-10-14-11-13-17(20)16(14)8-6-4-3-5-7-9-18(21)22/h4,6,10,12,14,16H,2-3,5,7-9,11,13H2,1H3,(H,21,22)/b6-4+,12-10+. The van der Waals surface area contributed by atoms with E-state index in [1.165, 1.54) is 0 Å². The summed E-state index contributed by atoms with van der Waals surface area (Å²) in [4.78, 5) is 33.6. The first-order valence-electron chi connectivity index (χ1n) is 8.15. The van der Waals surface area contributed by atoms with Crippen LogP contribution in [0.3, 0.4) is 0 Å².